The molecule has 1 unspecified atom stereocenters. The van der Waals surface area contributed by atoms with Gasteiger partial charge in [0.25, 0.3) is 0 Å². The fourth-order valence-electron chi connectivity index (χ4n) is 3.81. The predicted molar refractivity (Wildman–Crippen MR) is 87.7 cm³/mol. The first kappa shape index (κ1) is 14.9. The first-order valence-corrected chi connectivity index (χ1v) is 8.77. The number of likely N-dealkylation sites (tertiary alicyclic amines) is 1. The lowest BCUT2D eigenvalue weighted by molar-refractivity contribution is 0.236. The molecule has 0 amide bonds. The predicted octanol–water partition coefficient (Wildman–Crippen LogP) is 3.42. The number of anilines is 1. The Hall–Kier alpha value is -1.03. The van der Waals surface area contributed by atoms with E-state index in [-0.39, 0.29) is 0 Å². The van der Waals surface area contributed by atoms with Crippen molar-refractivity contribution in [2.45, 2.75) is 77.4 Å². The quantitative estimate of drug-likeness (QED) is 0.902. The van der Waals surface area contributed by atoms with E-state index >= 15 is 0 Å². The van der Waals surface area contributed by atoms with Crippen molar-refractivity contribution in [3.05, 3.63) is 11.9 Å². The van der Waals surface area contributed by atoms with Crippen LogP contribution in [-0.4, -0.2) is 39.6 Å². The van der Waals surface area contributed by atoms with Crippen LogP contribution in [0.25, 0.3) is 0 Å². The molecule has 0 radical (unpaired) electrons. The molecule has 1 saturated heterocycles. The van der Waals surface area contributed by atoms with Crippen LogP contribution < -0.4 is 5.32 Å². The molecule has 1 aliphatic heterocycles. The Kier molecular flexibility index (Phi) is 4.84. The average molecular weight is 290 g/mol. The van der Waals surface area contributed by atoms with Crippen molar-refractivity contribution in [3.8, 4) is 0 Å². The van der Waals surface area contributed by atoms with E-state index in [2.05, 4.69) is 34.8 Å². The van der Waals surface area contributed by atoms with Crippen LogP contribution in [0, 0.1) is 6.92 Å². The summed E-state index contributed by atoms with van der Waals surface area (Å²) in [6.45, 7) is 8.03. The van der Waals surface area contributed by atoms with E-state index in [0.29, 0.717) is 12.1 Å². The van der Waals surface area contributed by atoms with Crippen molar-refractivity contribution in [2.24, 2.45) is 0 Å². The molecule has 2 aliphatic rings. The minimum absolute atomic E-state index is 0.605. The topological polar surface area (TPSA) is 33.1 Å². The van der Waals surface area contributed by atoms with Crippen LogP contribution >= 0.6 is 0 Å². The molecule has 1 atom stereocenters. The van der Waals surface area contributed by atoms with Gasteiger partial charge in [0, 0.05) is 24.8 Å². The first-order chi connectivity index (χ1) is 10.2. The molecule has 1 saturated carbocycles. The van der Waals surface area contributed by atoms with Gasteiger partial charge in [-0.25, -0.2) is 4.98 Å². The standard InChI is InChI=1S/C17H30N4/c1-14-12-21(13-15(2)20-10-6-7-11-20)17(18-14)19-16-8-4-3-5-9-16/h12,15-16H,3-11,13H2,1-2H3,(H,18,19). The van der Waals surface area contributed by atoms with E-state index in [1.807, 2.05) is 0 Å². The molecule has 1 aromatic heterocycles. The second-order valence-electron chi connectivity index (χ2n) is 6.93. The molecule has 3 rings (SSSR count). The number of hydrogen-bond donors (Lipinski definition) is 1. The van der Waals surface area contributed by atoms with Gasteiger partial charge in [0.05, 0.1) is 5.69 Å². The summed E-state index contributed by atoms with van der Waals surface area (Å²) in [6, 6.07) is 1.23. The molecular formula is C17H30N4. The van der Waals surface area contributed by atoms with E-state index in [9.17, 15) is 0 Å². The lowest BCUT2D eigenvalue weighted by Crippen LogP contribution is -2.34. The van der Waals surface area contributed by atoms with E-state index in [4.69, 9.17) is 4.98 Å². The van der Waals surface area contributed by atoms with Crippen LogP contribution in [-0.2, 0) is 6.54 Å². The zero-order valence-electron chi connectivity index (χ0n) is 13.6. The Morgan fingerprint density at radius 2 is 1.90 bits per heavy atom. The highest BCUT2D eigenvalue weighted by atomic mass is 15.2. The first-order valence-electron chi connectivity index (χ1n) is 8.77. The van der Waals surface area contributed by atoms with Crippen LogP contribution in [0.2, 0.25) is 0 Å². The van der Waals surface area contributed by atoms with Crippen molar-refractivity contribution >= 4 is 5.95 Å². The Morgan fingerprint density at radius 3 is 2.62 bits per heavy atom. The third-order valence-corrected chi connectivity index (χ3v) is 5.06. The van der Waals surface area contributed by atoms with Gasteiger partial charge in [-0.2, -0.15) is 0 Å². The van der Waals surface area contributed by atoms with Crippen molar-refractivity contribution in [1.82, 2.24) is 14.5 Å². The highest BCUT2D eigenvalue weighted by molar-refractivity contribution is 5.30. The second-order valence-corrected chi connectivity index (χ2v) is 6.93. The summed E-state index contributed by atoms with van der Waals surface area (Å²) in [5, 5.41) is 3.70. The maximum Gasteiger partial charge on any atom is 0.203 e. The van der Waals surface area contributed by atoms with E-state index < -0.39 is 0 Å². The van der Waals surface area contributed by atoms with Gasteiger partial charge >= 0.3 is 0 Å². The molecule has 4 nitrogen and oxygen atoms in total. The summed E-state index contributed by atoms with van der Waals surface area (Å²) in [4.78, 5) is 7.33. The SMILES string of the molecule is Cc1cn(CC(C)N2CCCC2)c(NC2CCCCC2)n1. The van der Waals surface area contributed by atoms with Gasteiger partial charge in [0.15, 0.2) is 0 Å². The lowest BCUT2D eigenvalue weighted by atomic mass is 9.96. The highest BCUT2D eigenvalue weighted by Gasteiger charge is 2.21. The maximum absolute atomic E-state index is 4.72. The van der Waals surface area contributed by atoms with Crippen LogP contribution in [0.4, 0.5) is 5.95 Å². The van der Waals surface area contributed by atoms with E-state index in [0.717, 1.165) is 18.2 Å². The Balaban J connectivity index is 1.63. The molecule has 0 bridgehead atoms. The third kappa shape index (κ3) is 3.79. The molecule has 2 heterocycles. The average Bonchev–Trinajstić information content (AvgIpc) is 3.11. The number of aromatic nitrogens is 2. The summed E-state index contributed by atoms with van der Waals surface area (Å²) in [7, 11) is 0. The van der Waals surface area contributed by atoms with Gasteiger partial charge in [0.1, 0.15) is 0 Å². The van der Waals surface area contributed by atoms with Gasteiger partial charge in [-0.1, -0.05) is 19.3 Å². The molecule has 0 aromatic carbocycles. The molecule has 0 spiro atoms. The molecule has 2 fully saturated rings. The summed E-state index contributed by atoms with van der Waals surface area (Å²) >= 11 is 0. The number of aryl methyl sites for hydroxylation is 1. The van der Waals surface area contributed by atoms with E-state index in [1.165, 1.54) is 58.0 Å². The van der Waals surface area contributed by atoms with Crippen LogP contribution in [0.1, 0.15) is 57.6 Å². The van der Waals surface area contributed by atoms with Crippen LogP contribution in [0.5, 0.6) is 0 Å². The molecule has 1 aliphatic carbocycles. The number of nitrogens with zero attached hydrogens (tertiary/aromatic N) is 3. The lowest BCUT2D eigenvalue weighted by Gasteiger charge is -2.27. The molecular weight excluding hydrogens is 260 g/mol. The van der Waals surface area contributed by atoms with Crippen molar-refractivity contribution in [3.63, 3.8) is 0 Å². The van der Waals surface area contributed by atoms with Gasteiger partial charge in [-0.15, -0.1) is 0 Å². The zero-order chi connectivity index (χ0) is 14.7. The number of nitrogens with one attached hydrogen (secondary N) is 1. The molecule has 21 heavy (non-hydrogen) atoms. The highest BCUT2D eigenvalue weighted by Crippen LogP contribution is 2.22. The summed E-state index contributed by atoms with van der Waals surface area (Å²) in [5.41, 5.74) is 1.13. The van der Waals surface area contributed by atoms with E-state index in [1.54, 1.807) is 0 Å². The van der Waals surface area contributed by atoms with Crippen molar-refractivity contribution in [2.75, 3.05) is 18.4 Å². The minimum Gasteiger partial charge on any atom is -0.353 e. The van der Waals surface area contributed by atoms with Crippen LogP contribution in [0.3, 0.4) is 0 Å². The fourth-order valence-corrected chi connectivity index (χ4v) is 3.81. The summed E-state index contributed by atoms with van der Waals surface area (Å²) in [6.07, 6.45) is 11.7. The number of rotatable bonds is 5. The minimum atomic E-state index is 0.605. The Labute approximate surface area is 128 Å². The second kappa shape index (κ2) is 6.82. The third-order valence-electron chi connectivity index (χ3n) is 5.06. The maximum atomic E-state index is 4.72. The van der Waals surface area contributed by atoms with Gasteiger partial charge in [0.2, 0.25) is 5.95 Å². The van der Waals surface area contributed by atoms with Gasteiger partial charge in [-0.05, 0) is 52.6 Å². The monoisotopic (exact) mass is 290 g/mol. The van der Waals surface area contributed by atoms with Crippen molar-refractivity contribution < 1.29 is 0 Å². The largest absolute Gasteiger partial charge is 0.353 e. The fraction of sp³-hybridized carbons (Fsp3) is 0.824. The zero-order valence-corrected chi connectivity index (χ0v) is 13.6. The van der Waals surface area contributed by atoms with Gasteiger partial charge < -0.3 is 9.88 Å². The Bertz CT molecular complexity index is 442. The molecule has 4 heteroatoms. The molecule has 118 valence electrons. The summed E-state index contributed by atoms with van der Waals surface area (Å²) in [5.74, 6) is 1.09. The number of imidazole rings is 1. The Morgan fingerprint density at radius 1 is 1.19 bits per heavy atom. The number of hydrogen-bond acceptors (Lipinski definition) is 3. The van der Waals surface area contributed by atoms with Crippen molar-refractivity contribution in [1.29, 1.82) is 0 Å². The smallest absolute Gasteiger partial charge is 0.203 e. The van der Waals surface area contributed by atoms with Crippen LogP contribution in [0.15, 0.2) is 6.20 Å². The van der Waals surface area contributed by atoms with Gasteiger partial charge in [-0.3, -0.25) is 4.90 Å². The normalized spacial score (nSPS) is 22.6. The molecule has 1 aromatic rings. The summed E-state index contributed by atoms with van der Waals surface area (Å²) < 4.78 is 2.34. The molecule has 1 N–H and O–H groups in total.